The highest BCUT2D eigenvalue weighted by atomic mass is 127. The third-order valence-electron chi connectivity index (χ3n) is 5.20. The number of esters is 1. The van der Waals surface area contributed by atoms with Crippen LogP contribution in [0.1, 0.15) is 43.7 Å². The molecule has 0 unspecified atom stereocenters. The lowest BCUT2D eigenvalue weighted by Crippen LogP contribution is -2.06. The van der Waals surface area contributed by atoms with Crippen molar-refractivity contribution in [1.29, 1.82) is 10.5 Å². The molecule has 0 aliphatic heterocycles. The molecule has 0 atom stereocenters. The van der Waals surface area contributed by atoms with Gasteiger partial charge in [0.05, 0.1) is 21.3 Å². The summed E-state index contributed by atoms with van der Waals surface area (Å²) in [5.41, 5.74) is 1.41. The van der Waals surface area contributed by atoms with Crippen LogP contribution in [-0.2, 0) is 22.6 Å². The van der Waals surface area contributed by atoms with Gasteiger partial charge >= 0.3 is 5.97 Å². The maximum atomic E-state index is 14.1. The first-order valence-corrected chi connectivity index (χ1v) is 13.9. The lowest BCUT2D eigenvalue weighted by atomic mass is 10.0. The second kappa shape index (κ2) is 13.1. The Morgan fingerprint density at radius 1 is 1.19 bits per heavy atom. The van der Waals surface area contributed by atoms with Gasteiger partial charge in [0.25, 0.3) is 0 Å². The first-order valence-electron chi connectivity index (χ1n) is 10.9. The molecule has 0 saturated heterocycles. The Hall–Kier alpha value is -2.81. The predicted octanol–water partition coefficient (Wildman–Crippen LogP) is 6.75. The highest BCUT2D eigenvalue weighted by Gasteiger charge is 2.24. The molecule has 0 aliphatic rings. The molecule has 0 aliphatic carbocycles. The van der Waals surface area contributed by atoms with Crippen molar-refractivity contribution in [3.63, 3.8) is 0 Å². The normalized spacial score (nSPS) is 10.9. The van der Waals surface area contributed by atoms with Gasteiger partial charge in [-0.2, -0.15) is 10.5 Å². The molecule has 0 amide bonds. The zero-order valence-corrected chi connectivity index (χ0v) is 24.9. The number of carbonyl (C=O) groups excluding carboxylic acids is 2. The van der Waals surface area contributed by atoms with E-state index in [2.05, 4.69) is 45.2 Å². The van der Waals surface area contributed by atoms with Gasteiger partial charge in [0.1, 0.15) is 35.2 Å². The molecule has 3 aromatic rings. The van der Waals surface area contributed by atoms with Crippen LogP contribution in [0.15, 0.2) is 42.0 Å². The van der Waals surface area contributed by atoms with Gasteiger partial charge in [0.15, 0.2) is 5.78 Å². The van der Waals surface area contributed by atoms with Crippen molar-refractivity contribution in [3.05, 3.63) is 86.9 Å². The van der Waals surface area contributed by atoms with E-state index in [0.29, 0.717) is 27.3 Å². The summed E-state index contributed by atoms with van der Waals surface area (Å²) in [7, 11) is 0. The van der Waals surface area contributed by atoms with Gasteiger partial charge in [0, 0.05) is 26.0 Å². The molecule has 0 N–H and O–H groups in total. The lowest BCUT2D eigenvalue weighted by Gasteiger charge is -2.13. The summed E-state index contributed by atoms with van der Waals surface area (Å²) in [4.78, 5) is 26.0. The van der Waals surface area contributed by atoms with Crippen molar-refractivity contribution in [2.45, 2.75) is 26.9 Å². The Labute approximate surface area is 245 Å². The number of nitrogens with zero attached hydrogens (tertiary/aromatic N) is 2. The number of carbonyl (C=O) groups is 2. The van der Waals surface area contributed by atoms with E-state index in [1.165, 1.54) is 12.1 Å². The topological polar surface area (TPSA) is 100 Å². The number of hydrogen-bond donors (Lipinski definition) is 0. The summed E-state index contributed by atoms with van der Waals surface area (Å²) in [6.45, 7) is 3.46. The van der Waals surface area contributed by atoms with Crippen molar-refractivity contribution >= 4 is 74.3 Å². The average Bonchev–Trinajstić information content (AvgIpc) is 3.17. The standard InChI is InChI=1S/C27H19FI2N2O4S/c1-3-35-27(34)26-15(2)20(13-32)24(37-26)11-23(33)18(12-31)8-17-9-19(29)10-22(30)25(17)36-14-16-6-4-5-7-21(16)28/h4-10H,3,11,14H2,1-2H3/b18-8+. The molecular formula is C27H19FI2N2O4S. The first kappa shape index (κ1) is 28.8. The monoisotopic (exact) mass is 740 g/mol. The van der Waals surface area contributed by atoms with Gasteiger partial charge in [-0.1, -0.05) is 18.2 Å². The van der Waals surface area contributed by atoms with E-state index in [4.69, 9.17) is 9.47 Å². The smallest absolute Gasteiger partial charge is 0.348 e. The highest BCUT2D eigenvalue weighted by Crippen LogP contribution is 2.33. The van der Waals surface area contributed by atoms with Crippen LogP contribution in [0.3, 0.4) is 0 Å². The van der Waals surface area contributed by atoms with Crippen LogP contribution in [0.25, 0.3) is 6.08 Å². The number of hydrogen-bond acceptors (Lipinski definition) is 7. The van der Waals surface area contributed by atoms with Gasteiger partial charge in [-0.25, -0.2) is 9.18 Å². The zero-order valence-electron chi connectivity index (χ0n) is 19.7. The molecule has 2 aromatic carbocycles. The van der Waals surface area contributed by atoms with E-state index in [1.54, 1.807) is 38.1 Å². The zero-order chi connectivity index (χ0) is 27.1. The van der Waals surface area contributed by atoms with E-state index in [0.717, 1.165) is 18.5 Å². The number of benzene rings is 2. The Bertz CT molecular complexity index is 1480. The van der Waals surface area contributed by atoms with E-state index in [9.17, 15) is 24.5 Å². The molecule has 0 radical (unpaired) electrons. The fraction of sp³-hybridized carbons (Fsp3) is 0.185. The Morgan fingerprint density at radius 3 is 2.57 bits per heavy atom. The number of rotatable bonds is 9. The van der Waals surface area contributed by atoms with Crippen LogP contribution in [0.4, 0.5) is 4.39 Å². The Kier molecular flexibility index (Phi) is 10.2. The number of nitriles is 2. The van der Waals surface area contributed by atoms with E-state index in [1.807, 2.05) is 18.2 Å². The third kappa shape index (κ3) is 6.94. The summed E-state index contributed by atoms with van der Waals surface area (Å²) < 4.78 is 26.7. The molecule has 0 bridgehead atoms. The Balaban J connectivity index is 1.94. The van der Waals surface area contributed by atoms with Crippen LogP contribution in [0, 0.1) is 42.5 Å². The minimum Gasteiger partial charge on any atom is -0.487 e. The first-order chi connectivity index (χ1) is 17.7. The summed E-state index contributed by atoms with van der Waals surface area (Å²) in [5.74, 6) is -1.04. The number of ether oxygens (including phenoxy) is 2. The van der Waals surface area contributed by atoms with Crippen LogP contribution < -0.4 is 4.74 Å². The molecule has 0 fully saturated rings. The molecule has 1 heterocycles. The van der Waals surface area contributed by atoms with Crippen molar-refractivity contribution < 1.29 is 23.5 Å². The third-order valence-corrected chi connectivity index (χ3v) is 7.90. The number of thiophene rings is 1. The predicted molar refractivity (Wildman–Crippen MR) is 155 cm³/mol. The summed E-state index contributed by atoms with van der Waals surface area (Å²) in [5, 5.41) is 19.4. The van der Waals surface area contributed by atoms with Crippen LogP contribution in [0.5, 0.6) is 5.75 Å². The van der Waals surface area contributed by atoms with Crippen LogP contribution in [-0.4, -0.2) is 18.4 Å². The van der Waals surface area contributed by atoms with Gasteiger partial charge in [-0.3, -0.25) is 4.79 Å². The summed E-state index contributed by atoms with van der Waals surface area (Å²) in [6, 6.07) is 13.9. The lowest BCUT2D eigenvalue weighted by molar-refractivity contribution is -0.114. The van der Waals surface area contributed by atoms with Crippen molar-refractivity contribution in [2.24, 2.45) is 0 Å². The fourth-order valence-electron chi connectivity index (χ4n) is 3.41. The van der Waals surface area contributed by atoms with Crippen molar-refractivity contribution in [3.8, 4) is 17.9 Å². The average molecular weight is 740 g/mol. The van der Waals surface area contributed by atoms with Gasteiger partial charge in [-0.05, 0) is 88.9 Å². The summed E-state index contributed by atoms with van der Waals surface area (Å²) in [6.07, 6.45) is 1.21. The van der Waals surface area contributed by atoms with Gasteiger partial charge in [-0.15, -0.1) is 11.3 Å². The quantitative estimate of drug-likeness (QED) is 0.104. The minimum absolute atomic E-state index is 0.0312. The maximum Gasteiger partial charge on any atom is 0.348 e. The minimum atomic E-state index is -0.554. The van der Waals surface area contributed by atoms with Crippen LogP contribution >= 0.6 is 56.5 Å². The second-order valence-electron chi connectivity index (χ2n) is 7.64. The number of halogens is 3. The van der Waals surface area contributed by atoms with Crippen LogP contribution in [0.2, 0.25) is 0 Å². The maximum absolute atomic E-state index is 14.1. The van der Waals surface area contributed by atoms with E-state index >= 15 is 0 Å². The van der Waals surface area contributed by atoms with E-state index < -0.39 is 17.6 Å². The molecular weight excluding hydrogens is 721 g/mol. The molecule has 6 nitrogen and oxygen atoms in total. The largest absolute Gasteiger partial charge is 0.487 e. The molecule has 188 valence electrons. The Morgan fingerprint density at radius 2 is 1.92 bits per heavy atom. The molecule has 1 aromatic heterocycles. The van der Waals surface area contributed by atoms with Crippen molar-refractivity contribution in [1.82, 2.24) is 0 Å². The van der Waals surface area contributed by atoms with Crippen molar-refractivity contribution in [2.75, 3.05) is 6.61 Å². The number of Topliss-reactive ketones (excluding diaryl/α,β-unsaturated/α-hetero) is 1. The molecule has 10 heteroatoms. The van der Waals surface area contributed by atoms with Gasteiger partial charge < -0.3 is 9.47 Å². The summed E-state index contributed by atoms with van der Waals surface area (Å²) >= 11 is 5.23. The molecule has 3 rings (SSSR count). The fourth-order valence-corrected chi connectivity index (χ4v) is 6.61. The molecule has 0 spiro atoms. The number of ketones is 1. The van der Waals surface area contributed by atoms with Gasteiger partial charge in [0.2, 0.25) is 0 Å². The molecule has 37 heavy (non-hydrogen) atoms. The molecule has 0 saturated carbocycles. The second-order valence-corrected chi connectivity index (χ2v) is 11.2. The van der Waals surface area contributed by atoms with E-state index in [-0.39, 0.29) is 35.6 Å². The SMILES string of the molecule is CCOC(=O)c1sc(CC(=O)/C(C#N)=C/c2cc(I)cc(I)c2OCc2ccccc2F)c(C#N)c1C. The number of allylic oxidation sites excluding steroid dienone is 1. The highest BCUT2D eigenvalue weighted by molar-refractivity contribution is 14.1.